The van der Waals surface area contributed by atoms with Gasteiger partial charge < -0.3 is 15.5 Å². The van der Waals surface area contributed by atoms with Crippen molar-refractivity contribution in [2.24, 2.45) is 10.2 Å². The molecule has 1 amide bonds. The van der Waals surface area contributed by atoms with E-state index in [-0.39, 0.29) is 0 Å². The zero-order valence-electron chi connectivity index (χ0n) is 15.1. The van der Waals surface area contributed by atoms with Crippen LogP contribution in [0.3, 0.4) is 0 Å². The molecule has 5 N–H and O–H groups in total. The number of phenols is 1. The van der Waals surface area contributed by atoms with Crippen LogP contribution in [0.1, 0.15) is 6.92 Å². The Morgan fingerprint density at radius 3 is 2.10 bits per heavy atom. The van der Waals surface area contributed by atoms with Gasteiger partial charge in [0.25, 0.3) is 26.1 Å². The Hall–Kier alpha value is -3.33. The molecule has 12 nitrogen and oxygen atoms in total. The number of anilines is 1. The molecule has 0 saturated carbocycles. The lowest BCUT2D eigenvalue weighted by Crippen LogP contribution is -2.14. The van der Waals surface area contributed by atoms with Gasteiger partial charge in [0.2, 0.25) is 0 Å². The lowest BCUT2D eigenvalue weighted by atomic mass is 10.3. The highest BCUT2D eigenvalue weighted by atomic mass is 32.2. The largest absolute Gasteiger partial charge is 0.510 e. The molecule has 0 heterocycles. The molecule has 0 aliphatic carbocycles. The number of nitrogens with zero attached hydrogens (tertiary/aromatic N) is 2. The Bertz CT molecular complexity index is 1250. The number of benzene rings is 2. The van der Waals surface area contributed by atoms with E-state index in [2.05, 4.69) is 15.5 Å². The first kappa shape index (κ1) is 23.0. The summed E-state index contributed by atoms with van der Waals surface area (Å²) in [6.45, 7) is 1.09. The van der Waals surface area contributed by atoms with Gasteiger partial charge in [0.05, 0.1) is 4.90 Å². The third-order valence-corrected chi connectivity index (χ3v) is 5.15. The van der Waals surface area contributed by atoms with Crippen molar-refractivity contribution in [3.8, 4) is 5.75 Å². The van der Waals surface area contributed by atoms with Crippen LogP contribution in [0, 0.1) is 0 Å². The van der Waals surface area contributed by atoms with E-state index in [1.807, 2.05) is 0 Å². The van der Waals surface area contributed by atoms with Crippen molar-refractivity contribution in [1.29, 1.82) is 0 Å². The van der Waals surface area contributed by atoms with Crippen LogP contribution in [0.2, 0.25) is 0 Å². The fourth-order valence-electron chi connectivity index (χ4n) is 2.09. The summed E-state index contributed by atoms with van der Waals surface area (Å²) in [5.74, 6) is -2.73. The number of rotatable bonds is 6. The van der Waals surface area contributed by atoms with Gasteiger partial charge in [0, 0.05) is 5.69 Å². The molecule has 0 radical (unpaired) electrons. The van der Waals surface area contributed by atoms with Gasteiger partial charge >= 0.3 is 0 Å². The molecule has 0 fully saturated rings. The summed E-state index contributed by atoms with van der Waals surface area (Å²) in [7, 11) is -10.1. The minimum atomic E-state index is -5.12. The van der Waals surface area contributed by atoms with Crippen LogP contribution in [0.25, 0.3) is 0 Å². The van der Waals surface area contributed by atoms with E-state index in [1.165, 1.54) is 0 Å². The number of nitrogens with one attached hydrogen (secondary N) is 1. The maximum atomic E-state index is 12.3. The van der Waals surface area contributed by atoms with E-state index in [4.69, 9.17) is 9.11 Å². The number of amides is 1. The average Bonchev–Trinajstić information content (AvgIpc) is 2.61. The molecule has 2 rings (SSSR count). The van der Waals surface area contributed by atoms with Gasteiger partial charge in [0.1, 0.15) is 16.3 Å². The minimum Gasteiger partial charge on any atom is -0.510 e. The van der Waals surface area contributed by atoms with Crippen molar-refractivity contribution in [3.05, 3.63) is 53.9 Å². The second-order valence-electron chi connectivity index (χ2n) is 5.69. The molecule has 0 aromatic heterocycles. The fraction of sp³-hybridized carbons (Fsp3) is 0.0625. The topological polar surface area (TPSA) is 203 Å². The third-order valence-electron chi connectivity index (χ3n) is 3.45. The van der Waals surface area contributed by atoms with Crippen LogP contribution in [0.5, 0.6) is 5.75 Å². The summed E-state index contributed by atoms with van der Waals surface area (Å²) in [5, 5.41) is 28.9. The highest BCUT2D eigenvalue weighted by molar-refractivity contribution is 7.86. The standard InChI is InChI=1S/C16H15N3O9S2/c1-9(20)14(16(22)17-10-5-3-2-4-6-10)19-18-12-7-11(29(23,24)25)8-13(15(12)21)30(26,27)28/h2-8,20-21H,1H3,(H,17,22)(H,23,24,25)(H,26,27,28). The molecule has 0 spiro atoms. The summed E-state index contributed by atoms with van der Waals surface area (Å²) in [4.78, 5) is 10.00. The first-order valence-corrected chi connectivity index (χ1v) is 10.7. The average molecular weight is 457 g/mol. The number of azo groups is 1. The van der Waals surface area contributed by atoms with Crippen molar-refractivity contribution in [3.63, 3.8) is 0 Å². The lowest BCUT2D eigenvalue weighted by Gasteiger charge is -2.08. The van der Waals surface area contributed by atoms with Gasteiger partial charge in [-0.1, -0.05) is 18.2 Å². The SMILES string of the molecule is CC(O)=C(N=Nc1cc(S(=O)(=O)O)cc(S(=O)(=O)O)c1O)C(=O)Nc1ccccc1. The van der Waals surface area contributed by atoms with E-state index in [9.17, 15) is 31.8 Å². The normalized spacial score (nSPS) is 13.2. The van der Waals surface area contributed by atoms with E-state index >= 15 is 0 Å². The Morgan fingerprint density at radius 2 is 1.60 bits per heavy atom. The first-order chi connectivity index (χ1) is 13.8. The van der Waals surface area contributed by atoms with Crippen LogP contribution in [0.15, 0.2) is 73.9 Å². The summed E-state index contributed by atoms with van der Waals surface area (Å²) in [6.07, 6.45) is 0. The number of hydrogen-bond donors (Lipinski definition) is 5. The summed E-state index contributed by atoms with van der Waals surface area (Å²) < 4.78 is 63.7. The molecule has 0 bridgehead atoms. The number of allylic oxidation sites excluding steroid dienone is 1. The molecule has 0 saturated heterocycles. The van der Waals surface area contributed by atoms with Crippen molar-refractivity contribution in [2.45, 2.75) is 16.7 Å². The van der Waals surface area contributed by atoms with Crippen LogP contribution < -0.4 is 5.32 Å². The number of para-hydroxylation sites is 1. The highest BCUT2D eigenvalue weighted by Crippen LogP contribution is 2.36. The smallest absolute Gasteiger partial charge is 0.298 e. The number of aromatic hydroxyl groups is 1. The number of phenolic OH excluding ortho intramolecular Hbond substituents is 1. The monoisotopic (exact) mass is 457 g/mol. The molecule has 0 aliphatic heterocycles. The molecule has 0 atom stereocenters. The molecule has 0 aliphatic rings. The van der Waals surface area contributed by atoms with E-state index in [0.29, 0.717) is 17.8 Å². The Kier molecular flexibility index (Phi) is 6.57. The van der Waals surface area contributed by atoms with Crippen LogP contribution in [-0.4, -0.2) is 42.1 Å². The summed E-state index contributed by atoms with van der Waals surface area (Å²) in [6, 6.07) is 8.88. The van der Waals surface area contributed by atoms with E-state index in [0.717, 1.165) is 6.92 Å². The number of aliphatic hydroxyl groups excluding tert-OH is 1. The number of aliphatic hydroxyl groups is 1. The Labute approximate surface area is 170 Å². The molecule has 2 aromatic rings. The van der Waals surface area contributed by atoms with Crippen LogP contribution >= 0.6 is 0 Å². The van der Waals surface area contributed by atoms with Crippen molar-refractivity contribution in [1.82, 2.24) is 0 Å². The van der Waals surface area contributed by atoms with Gasteiger partial charge in [0.15, 0.2) is 11.4 Å². The van der Waals surface area contributed by atoms with Gasteiger partial charge in [-0.2, -0.15) is 16.8 Å². The number of carbonyl (C=O) groups is 1. The van der Waals surface area contributed by atoms with Crippen molar-refractivity contribution < 1.29 is 40.9 Å². The van der Waals surface area contributed by atoms with E-state index in [1.54, 1.807) is 30.3 Å². The molecule has 160 valence electrons. The zero-order chi connectivity index (χ0) is 22.7. The predicted molar refractivity (Wildman–Crippen MR) is 103 cm³/mol. The second-order valence-corrected chi connectivity index (χ2v) is 8.50. The lowest BCUT2D eigenvalue weighted by molar-refractivity contribution is -0.113. The van der Waals surface area contributed by atoms with Gasteiger partial charge in [-0.25, -0.2) is 0 Å². The molecule has 30 heavy (non-hydrogen) atoms. The number of carbonyl (C=O) groups excluding carboxylic acids is 1. The van der Waals surface area contributed by atoms with E-state index < -0.39 is 58.8 Å². The van der Waals surface area contributed by atoms with Crippen LogP contribution in [0.4, 0.5) is 11.4 Å². The van der Waals surface area contributed by atoms with Gasteiger partial charge in [-0.05, 0) is 31.2 Å². The molecular weight excluding hydrogens is 442 g/mol. The molecule has 14 heteroatoms. The quantitative estimate of drug-likeness (QED) is 0.187. The summed E-state index contributed by atoms with van der Waals surface area (Å²) in [5.41, 5.74) is -1.13. The van der Waals surface area contributed by atoms with Crippen LogP contribution in [-0.2, 0) is 25.0 Å². The molecular formula is C16H15N3O9S2. The molecule has 2 aromatic carbocycles. The Morgan fingerprint density at radius 1 is 1.00 bits per heavy atom. The van der Waals surface area contributed by atoms with Gasteiger partial charge in [-0.15, -0.1) is 10.2 Å². The third kappa shape index (κ3) is 5.60. The maximum absolute atomic E-state index is 12.3. The highest BCUT2D eigenvalue weighted by Gasteiger charge is 2.24. The predicted octanol–water partition coefficient (Wildman–Crippen LogP) is 2.40. The number of hydrogen-bond acceptors (Lipinski definition) is 9. The first-order valence-electron chi connectivity index (χ1n) is 7.80. The minimum absolute atomic E-state index is 0.301. The fourth-order valence-corrected chi connectivity index (χ4v) is 3.31. The van der Waals surface area contributed by atoms with Gasteiger partial charge in [-0.3, -0.25) is 13.9 Å². The maximum Gasteiger partial charge on any atom is 0.298 e. The Balaban J connectivity index is 2.53. The van der Waals surface area contributed by atoms with Crippen molar-refractivity contribution >= 4 is 37.5 Å². The zero-order valence-corrected chi connectivity index (χ0v) is 16.7. The summed E-state index contributed by atoms with van der Waals surface area (Å²) >= 11 is 0. The second kappa shape index (κ2) is 8.58. The molecule has 0 unspecified atom stereocenters. The van der Waals surface area contributed by atoms with Crippen molar-refractivity contribution in [2.75, 3.05) is 5.32 Å².